The van der Waals surface area contributed by atoms with E-state index >= 15 is 0 Å². The Bertz CT molecular complexity index is 536. The molecular formula is C15H19N. The largest absolute Gasteiger partial charge is 0.358 e. The second kappa shape index (κ2) is 3.38. The molecule has 0 saturated heterocycles. The molecule has 0 radical (unpaired) electrons. The summed E-state index contributed by atoms with van der Waals surface area (Å²) < 4.78 is 0. The average molecular weight is 213 g/mol. The minimum Gasteiger partial charge on any atom is -0.358 e. The number of rotatable bonds is 0. The summed E-state index contributed by atoms with van der Waals surface area (Å²) in [7, 11) is 0. The summed E-state index contributed by atoms with van der Waals surface area (Å²) in [5.41, 5.74) is 5.72. The maximum Gasteiger partial charge on any atom is 0.0461 e. The molecule has 16 heavy (non-hydrogen) atoms. The maximum absolute atomic E-state index is 3.62. The smallest absolute Gasteiger partial charge is 0.0461 e. The molecule has 2 unspecified atom stereocenters. The van der Waals surface area contributed by atoms with Crippen molar-refractivity contribution in [2.24, 2.45) is 5.92 Å². The van der Waals surface area contributed by atoms with Crippen molar-refractivity contribution < 1.29 is 0 Å². The molecule has 2 aromatic rings. The fourth-order valence-corrected chi connectivity index (χ4v) is 3.27. The molecule has 1 N–H and O–H groups in total. The first-order chi connectivity index (χ1) is 7.65. The quantitative estimate of drug-likeness (QED) is 0.676. The van der Waals surface area contributed by atoms with E-state index in [1.54, 1.807) is 5.56 Å². The zero-order valence-electron chi connectivity index (χ0n) is 10.3. The van der Waals surface area contributed by atoms with Crippen molar-refractivity contribution in [1.29, 1.82) is 0 Å². The maximum atomic E-state index is 3.62. The molecule has 0 aliphatic heterocycles. The van der Waals surface area contributed by atoms with Gasteiger partial charge in [-0.3, -0.25) is 0 Å². The molecule has 1 aliphatic carbocycles. The van der Waals surface area contributed by atoms with Crippen LogP contribution < -0.4 is 0 Å². The molecule has 1 aliphatic rings. The molecule has 1 heteroatoms. The fourth-order valence-electron chi connectivity index (χ4n) is 3.27. The van der Waals surface area contributed by atoms with Gasteiger partial charge < -0.3 is 4.98 Å². The Hall–Kier alpha value is -1.24. The Kier molecular flexibility index (Phi) is 2.10. The number of aryl methyl sites for hydroxylation is 1. The normalized spacial score (nSPS) is 24.7. The molecule has 0 spiro atoms. The van der Waals surface area contributed by atoms with Crippen LogP contribution in [0.4, 0.5) is 0 Å². The Morgan fingerprint density at radius 2 is 2.06 bits per heavy atom. The third kappa shape index (κ3) is 1.38. The Labute approximate surface area is 96.9 Å². The zero-order chi connectivity index (χ0) is 11.3. The van der Waals surface area contributed by atoms with E-state index < -0.39 is 0 Å². The average Bonchev–Trinajstić information content (AvgIpc) is 2.54. The minimum absolute atomic E-state index is 0.704. The highest BCUT2D eigenvalue weighted by Crippen LogP contribution is 2.39. The van der Waals surface area contributed by atoms with Gasteiger partial charge in [0.25, 0.3) is 0 Å². The van der Waals surface area contributed by atoms with E-state index in [-0.39, 0.29) is 0 Å². The zero-order valence-corrected chi connectivity index (χ0v) is 10.3. The second-order valence-corrected chi connectivity index (χ2v) is 5.51. The lowest BCUT2D eigenvalue weighted by molar-refractivity contribution is 0.448. The van der Waals surface area contributed by atoms with Crippen LogP contribution in [0.1, 0.15) is 43.0 Å². The van der Waals surface area contributed by atoms with Crippen molar-refractivity contribution in [2.75, 3.05) is 0 Å². The van der Waals surface area contributed by atoms with Gasteiger partial charge in [-0.25, -0.2) is 0 Å². The molecule has 84 valence electrons. The fraction of sp³-hybridized carbons (Fsp3) is 0.467. The van der Waals surface area contributed by atoms with Crippen LogP contribution in [0.25, 0.3) is 10.9 Å². The summed E-state index contributed by atoms with van der Waals surface area (Å²) in [5.74, 6) is 1.52. The van der Waals surface area contributed by atoms with Crippen molar-refractivity contribution >= 4 is 10.9 Å². The van der Waals surface area contributed by atoms with Crippen molar-refractivity contribution in [3.8, 4) is 0 Å². The summed E-state index contributed by atoms with van der Waals surface area (Å²) >= 11 is 0. The van der Waals surface area contributed by atoms with Gasteiger partial charge in [0.2, 0.25) is 0 Å². The van der Waals surface area contributed by atoms with Crippen molar-refractivity contribution in [1.82, 2.24) is 4.98 Å². The van der Waals surface area contributed by atoms with Crippen LogP contribution in [0.2, 0.25) is 0 Å². The lowest BCUT2D eigenvalue weighted by Crippen LogP contribution is -2.13. The molecule has 1 heterocycles. The first kappa shape index (κ1) is 9.95. The molecule has 0 saturated carbocycles. The standard InChI is InChI=1S/C15H19N/c1-9-4-5-12-13(7-9)16-14-8-10(2)6-11(3)15(12)14/h4-5,7,10-11,16H,6,8H2,1-3H3. The van der Waals surface area contributed by atoms with E-state index in [2.05, 4.69) is 44.0 Å². The van der Waals surface area contributed by atoms with Crippen LogP contribution in [0.15, 0.2) is 18.2 Å². The van der Waals surface area contributed by atoms with E-state index in [9.17, 15) is 0 Å². The lowest BCUT2D eigenvalue weighted by atomic mass is 9.81. The molecular weight excluding hydrogens is 194 g/mol. The number of H-pyrrole nitrogens is 1. The topological polar surface area (TPSA) is 15.8 Å². The first-order valence-electron chi connectivity index (χ1n) is 6.26. The highest BCUT2D eigenvalue weighted by atomic mass is 14.7. The molecule has 1 aromatic heterocycles. The summed E-state index contributed by atoms with van der Waals surface area (Å²) in [4.78, 5) is 3.62. The van der Waals surface area contributed by atoms with Crippen LogP contribution >= 0.6 is 0 Å². The molecule has 0 bridgehead atoms. The second-order valence-electron chi connectivity index (χ2n) is 5.51. The monoisotopic (exact) mass is 213 g/mol. The van der Waals surface area contributed by atoms with Gasteiger partial charge >= 0.3 is 0 Å². The Morgan fingerprint density at radius 1 is 1.25 bits per heavy atom. The van der Waals surface area contributed by atoms with Crippen LogP contribution in [0.3, 0.4) is 0 Å². The van der Waals surface area contributed by atoms with Crippen molar-refractivity contribution in [2.45, 2.75) is 39.5 Å². The molecule has 3 rings (SSSR count). The summed E-state index contributed by atoms with van der Waals surface area (Å²) in [6.45, 7) is 6.88. The highest BCUT2D eigenvalue weighted by molar-refractivity contribution is 5.86. The highest BCUT2D eigenvalue weighted by Gasteiger charge is 2.25. The van der Waals surface area contributed by atoms with Gasteiger partial charge in [-0.05, 0) is 48.8 Å². The van der Waals surface area contributed by atoms with Crippen molar-refractivity contribution in [3.05, 3.63) is 35.0 Å². The third-order valence-corrected chi connectivity index (χ3v) is 3.88. The van der Waals surface area contributed by atoms with Gasteiger partial charge in [0.05, 0.1) is 0 Å². The van der Waals surface area contributed by atoms with E-state index in [0.29, 0.717) is 5.92 Å². The van der Waals surface area contributed by atoms with E-state index in [1.165, 1.54) is 35.0 Å². The van der Waals surface area contributed by atoms with Gasteiger partial charge in [0.15, 0.2) is 0 Å². The van der Waals surface area contributed by atoms with E-state index in [1.807, 2.05) is 0 Å². The Balaban J connectivity index is 2.26. The number of fused-ring (bicyclic) bond motifs is 3. The number of hydrogen-bond donors (Lipinski definition) is 1. The van der Waals surface area contributed by atoms with Crippen molar-refractivity contribution in [3.63, 3.8) is 0 Å². The van der Waals surface area contributed by atoms with Crippen LogP contribution in [-0.4, -0.2) is 4.98 Å². The predicted molar refractivity (Wildman–Crippen MR) is 68.9 cm³/mol. The molecule has 0 amide bonds. The molecule has 1 aromatic carbocycles. The lowest BCUT2D eigenvalue weighted by Gasteiger charge is -2.24. The number of aromatic nitrogens is 1. The number of benzene rings is 1. The third-order valence-electron chi connectivity index (χ3n) is 3.88. The van der Waals surface area contributed by atoms with Crippen LogP contribution in [0, 0.1) is 12.8 Å². The SMILES string of the molecule is Cc1ccc2c3c([nH]c2c1)CC(C)CC3C. The Morgan fingerprint density at radius 3 is 2.88 bits per heavy atom. The van der Waals surface area contributed by atoms with E-state index in [0.717, 1.165) is 5.92 Å². The molecule has 0 fully saturated rings. The van der Waals surface area contributed by atoms with Crippen LogP contribution in [0.5, 0.6) is 0 Å². The van der Waals surface area contributed by atoms with Gasteiger partial charge in [0.1, 0.15) is 0 Å². The summed E-state index contributed by atoms with van der Waals surface area (Å²) in [6, 6.07) is 6.78. The van der Waals surface area contributed by atoms with Gasteiger partial charge in [-0.2, -0.15) is 0 Å². The minimum atomic E-state index is 0.704. The number of aromatic amines is 1. The predicted octanol–water partition coefficient (Wildman–Crippen LogP) is 4.16. The summed E-state index contributed by atoms with van der Waals surface area (Å²) in [5, 5.41) is 1.44. The number of hydrogen-bond acceptors (Lipinski definition) is 0. The van der Waals surface area contributed by atoms with Gasteiger partial charge in [-0.1, -0.05) is 26.0 Å². The molecule has 2 atom stereocenters. The van der Waals surface area contributed by atoms with Gasteiger partial charge in [-0.15, -0.1) is 0 Å². The molecule has 1 nitrogen and oxygen atoms in total. The number of nitrogens with one attached hydrogen (secondary N) is 1. The van der Waals surface area contributed by atoms with E-state index in [4.69, 9.17) is 0 Å². The first-order valence-corrected chi connectivity index (χ1v) is 6.26. The van der Waals surface area contributed by atoms with Crippen LogP contribution in [-0.2, 0) is 6.42 Å². The van der Waals surface area contributed by atoms with Gasteiger partial charge in [0, 0.05) is 16.6 Å². The summed E-state index contributed by atoms with van der Waals surface area (Å²) in [6.07, 6.45) is 2.54.